The second kappa shape index (κ2) is 4.60. The van der Waals surface area contributed by atoms with Crippen LogP contribution in [0.1, 0.15) is 5.01 Å². The topological polar surface area (TPSA) is 16.4 Å². The van der Waals surface area contributed by atoms with E-state index in [9.17, 15) is 0 Å². The van der Waals surface area contributed by atoms with Gasteiger partial charge in [0, 0.05) is 13.1 Å². The molecule has 0 spiro atoms. The maximum absolute atomic E-state index is 5.95. The Morgan fingerprint density at radius 2 is 1.86 bits per heavy atom. The summed E-state index contributed by atoms with van der Waals surface area (Å²) in [6, 6.07) is 16.5. The van der Waals surface area contributed by atoms with Crippen molar-refractivity contribution >= 4 is 33.3 Å². The summed E-state index contributed by atoms with van der Waals surface area (Å²) in [7, 11) is 4.12. The standard InChI is InChI=1S/C17H15N2OS/c1-18-12-7-3-5-9-14(12)20-16(18)11-17-19(2)13-8-4-6-10-15(13)21-17/h3-11H,1-2H3/q+1. The summed E-state index contributed by atoms with van der Waals surface area (Å²) in [6.07, 6.45) is 2.10. The summed E-state index contributed by atoms with van der Waals surface area (Å²) in [6.45, 7) is 0. The molecule has 0 unspecified atom stereocenters. The molecule has 21 heavy (non-hydrogen) atoms. The third-order valence-corrected chi connectivity index (χ3v) is 4.96. The van der Waals surface area contributed by atoms with E-state index in [2.05, 4.69) is 52.9 Å². The number of benzene rings is 2. The van der Waals surface area contributed by atoms with E-state index in [4.69, 9.17) is 4.74 Å². The number of hydrogen-bond acceptors (Lipinski definition) is 3. The summed E-state index contributed by atoms with van der Waals surface area (Å²) >= 11 is 1.77. The highest BCUT2D eigenvalue weighted by Gasteiger charge is 2.25. The van der Waals surface area contributed by atoms with Crippen molar-refractivity contribution in [1.82, 2.24) is 0 Å². The maximum Gasteiger partial charge on any atom is 0.267 e. The zero-order valence-corrected chi connectivity index (χ0v) is 12.7. The molecular weight excluding hydrogens is 280 g/mol. The smallest absolute Gasteiger partial charge is 0.267 e. The lowest BCUT2D eigenvalue weighted by atomic mass is 10.3. The first-order valence-corrected chi connectivity index (χ1v) is 7.65. The number of fused-ring (bicyclic) bond motifs is 2. The Hall–Kier alpha value is -2.33. The van der Waals surface area contributed by atoms with Crippen molar-refractivity contribution < 1.29 is 9.30 Å². The van der Waals surface area contributed by atoms with Crippen LogP contribution in [-0.4, -0.2) is 7.05 Å². The second-order valence-corrected chi connectivity index (χ2v) is 6.14. The van der Waals surface area contributed by atoms with Crippen LogP contribution in [0.4, 0.5) is 5.69 Å². The molecule has 0 aliphatic carbocycles. The fourth-order valence-electron chi connectivity index (χ4n) is 2.60. The van der Waals surface area contributed by atoms with E-state index in [0.29, 0.717) is 0 Å². The van der Waals surface area contributed by atoms with Crippen LogP contribution in [-0.2, 0) is 7.05 Å². The number of rotatable bonds is 1. The maximum atomic E-state index is 5.95. The van der Waals surface area contributed by atoms with Gasteiger partial charge in [0.1, 0.15) is 11.7 Å². The first kappa shape index (κ1) is 12.4. The van der Waals surface area contributed by atoms with Gasteiger partial charge in [-0.25, -0.2) is 0 Å². The van der Waals surface area contributed by atoms with Gasteiger partial charge in [-0.05, 0) is 18.2 Å². The molecule has 3 aromatic rings. The minimum absolute atomic E-state index is 0.860. The molecule has 2 aromatic carbocycles. The van der Waals surface area contributed by atoms with Gasteiger partial charge in [0.05, 0.1) is 11.8 Å². The SMILES string of the molecule is CN1C(=Cc2sc3ccccc3[n+]2C)Oc2ccccc21. The minimum atomic E-state index is 0.860. The van der Waals surface area contributed by atoms with E-state index in [0.717, 1.165) is 17.3 Å². The van der Waals surface area contributed by atoms with Gasteiger partial charge >= 0.3 is 0 Å². The summed E-state index contributed by atoms with van der Waals surface area (Å²) in [4.78, 5) is 2.08. The van der Waals surface area contributed by atoms with Crippen LogP contribution in [0.2, 0.25) is 0 Å². The van der Waals surface area contributed by atoms with Crippen molar-refractivity contribution in [2.75, 3.05) is 11.9 Å². The van der Waals surface area contributed by atoms with Crippen molar-refractivity contribution in [2.24, 2.45) is 7.05 Å². The number of para-hydroxylation sites is 3. The highest BCUT2D eigenvalue weighted by Crippen LogP contribution is 2.38. The number of aromatic nitrogens is 1. The van der Waals surface area contributed by atoms with E-state index in [1.165, 1.54) is 15.2 Å². The van der Waals surface area contributed by atoms with Crippen LogP contribution >= 0.6 is 11.3 Å². The van der Waals surface area contributed by atoms with Crippen molar-refractivity contribution in [3.05, 3.63) is 59.4 Å². The zero-order chi connectivity index (χ0) is 14.4. The van der Waals surface area contributed by atoms with Crippen LogP contribution in [0.5, 0.6) is 5.75 Å². The highest BCUT2D eigenvalue weighted by molar-refractivity contribution is 7.18. The molecule has 0 fully saturated rings. The average molecular weight is 295 g/mol. The largest absolute Gasteiger partial charge is 0.438 e. The van der Waals surface area contributed by atoms with Crippen molar-refractivity contribution in [2.45, 2.75) is 0 Å². The van der Waals surface area contributed by atoms with E-state index in [1.807, 2.05) is 25.2 Å². The molecule has 4 heteroatoms. The molecule has 2 heterocycles. The molecule has 0 atom stereocenters. The Balaban J connectivity index is 1.80. The number of ether oxygens (including phenoxy) is 1. The Bertz CT molecular complexity index is 866. The van der Waals surface area contributed by atoms with Crippen LogP contribution < -0.4 is 14.2 Å². The van der Waals surface area contributed by atoms with Crippen molar-refractivity contribution in [1.29, 1.82) is 0 Å². The Labute approximate surface area is 127 Å². The van der Waals surface area contributed by atoms with Crippen LogP contribution in [0.25, 0.3) is 16.3 Å². The quantitative estimate of drug-likeness (QED) is 0.638. The summed E-state index contributed by atoms with van der Waals surface area (Å²) in [5, 5.41) is 1.17. The van der Waals surface area contributed by atoms with E-state index in [1.54, 1.807) is 11.3 Å². The normalized spacial score (nSPS) is 15.5. The highest BCUT2D eigenvalue weighted by atomic mass is 32.1. The molecule has 104 valence electrons. The number of anilines is 1. The average Bonchev–Trinajstić information content (AvgIpc) is 2.99. The van der Waals surface area contributed by atoms with Crippen molar-refractivity contribution in [3.8, 4) is 5.75 Å². The molecule has 0 saturated heterocycles. The molecular formula is C17H15N2OS+. The first-order chi connectivity index (χ1) is 10.2. The summed E-state index contributed by atoms with van der Waals surface area (Å²) < 4.78 is 9.44. The second-order valence-electron chi connectivity index (χ2n) is 5.08. The van der Waals surface area contributed by atoms with Gasteiger partial charge in [0.25, 0.3) is 5.01 Å². The van der Waals surface area contributed by atoms with E-state index in [-0.39, 0.29) is 0 Å². The fraction of sp³-hybridized carbons (Fsp3) is 0.118. The lowest BCUT2D eigenvalue weighted by Gasteiger charge is -2.09. The molecule has 1 aliphatic rings. The number of hydrogen-bond donors (Lipinski definition) is 0. The van der Waals surface area contributed by atoms with E-state index >= 15 is 0 Å². The van der Waals surface area contributed by atoms with Gasteiger partial charge in [0.2, 0.25) is 11.4 Å². The fourth-order valence-corrected chi connectivity index (χ4v) is 3.68. The lowest BCUT2D eigenvalue weighted by molar-refractivity contribution is -0.642. The van der Waals surface area contributed by atoms with Crippen molar-refractivity contribution in [3.63, 3.8) is 0 Å². The van der Waals surface area contributed by atoms with Gasteiger partial charge in [-0.1, -0.05) is 35.6 Å². The number of thiazole rings is 1. The molecule has 0 radical (unpaired) electrons. The minimum Gasteiger partial charge on any atom is -0.438 e. The van der Waals surface area contributed by atoms with Gasteiger partial charge in [-0.3, -0.25) is 0 Å². The Kier molecular flexibility index (Phi) is 2.72. The molecule has 1 aromatic heterocycles. The van der Waals surface area contributed by atoms with Gasteiger partial charge in [-0.15, -0.1) is 0 Å². The summed E-state index contributed by atoms with van der Waals surface area (Å²) in [5.74, 6) is 1.77. The third kappa shape index (κ3) is 1.91. The van der Waals surface area contributed by atoms with Gasteiger partial charge in [0.15, 0.2) is 5.75 Å². The molecule has 3 nitrogen and oxygen atoms in total. The van der Waals surface area contributed by atoms with E-state index < -0.39 is 0 Å². The molecule has 0 bridgehead atoms. The predicted molar refractivity (Wildman–Crippen MR) is 86.5 cm³/mol. The van der Waals surface area contributed by atoms with Crippen LogP contribution in [0, 0.1) is 0 Å². The molecule has 0 amide bonds. The number of nitrogens with zero attached hydrogens (tertiary/aromatic N) is 2. The molecule has 4 rings (SSSR count). The zero-order valence-electron chi connectivity index (χ0n) is 11.9. The van der Waals surface area contributed by atoms with Crippen LogP contribution in [0.15, 0.2) is 54.4 Å². The first-order valence-electron chi connectivity index (χ1n) is 6.84. The molecule has 0 N–H and O–H groups in total. The monoisotopic (exact) mass is 295 g/mol. The molecule has 0 saturated carbocycles. The third-order valence-electron chi connectivity index (χ3n) is 3.79. The Morgan fingerprint density at radius 3 is 2.67 bits per heavy atom. The Morgan fingerprint density at radius 1 is 1.10 bits per heavy atom. The summed E-state index contributed by atoms with van der Waals surface area (Å²) in [5.41, 5.74) is 2.35. The number of aryl methyl sites for hydroxylation is 1. The van der Waals surface area contributed by atoms with Gasteiger partial charge < -0.3 is 9.64 Å². The predicted octanol–water partition coefficient (Wildman–Crippen LogP) is 3.55. The molecule has 1 aliphatic heterocycles. The lowest BCUT2D eigenvalue weighted by Crippen LogP contribution is -2.29. The van der Waals surface area contributed by atoms with Crippen LogP contribution in [0.3, 0.4) is 0 Å². The van der Waals surface area contributed by atoms with Gasteiger partial charge in [-0.2, -0.15) is 4.57 Å².